The van der Waals surface area contributed by atoms with Gasteiger partial charge in [0.15, 0.2) is 0 Å². The van der Waals surface area contributed by atoms with Gasteiger partial charge in [-0.05, 0) is 0 Å². The minimum absolute atomic E-state index is 0. The van der Waals surface area contributed by atoms with Gasteiger partial charge < -0.3 is 0 Å². The van der Waals surface area contributed by atoms with Crippen LogP contribution in [0.3, 0.4) is 0 Å². The van der Waals surface area contributed by atoms with E-state index < -0.39 is 0 Å². The molecule has 0 aliphatic heterocycles. The van der Waals surface area contributed by atoms with Crippen LogP contribution in [0.25, 0.3) is 0 Å². The van der Waals surface area contributed by atoms with Crippen molar-refractivity contribution in [1.82, 2.24) is 0 Å². The molecule has 0 N–H and O–H groups in total. The van der Waals surface area contributed by atoms with Gasteiger partial charge in [-0.25, -0.2) is 0 Å². The van der Waals surface area contributed by atoms with E-state index in [2.05, 4.69) is 0 Å². The monoisotopic (exact) mass is 373 g/mol. The molecule has 0 bridgehead atoms. The molecule has 0 fully saturated rings. The topological polar surface area (TPSA) is 0 Å². The van der Waals surface area contributed by atoms with Crippen LogP contribution in [-0.2, 0) is 60.7 Å². The molecule has 3 radical (unpaired) electrons. The van der Waals surface area contributed by atoms with Crippen molar-refractivity contribution in [1.29, 1.82) is 0 Å². The Kier molecular flexibility index (Phi) is 110. The molecular weight excluding hydrogens is 371 g/mol. The molecule has 19 valence electrons. The summed E-state index contributed by atoms with van der Waals surface area (Å²) >= 11 is 0. The van der Waals surface area contributed by atoms with Gasteiger partial charge in [0.05, 0.1) is 0 Å². The molecule has 4 heavy (non-hydrogen) atoms. The Labute approximate surface area is 96.3 Å². The summed E-state index contributed by atoms with van der Waals surface area (Å²) < 4.78 is 0. The third-order valence-electron chi connectivity index (χ3n) is 0. The smallest absolute Gasteiger partial charge is 0 e. The van der Waals surface area contributed by atoms with Gasteiger partial charge in [0.25, 0.3) is 0 Å². The predicted molar refractivity (Wildman–Crippen MR) is 5.75 cm³/mol. The molecule has 0 spiro atoms. The van der Waals surface area contributed by atoms with E-state index in [0.29, 0.717) is 0 Å². The molecule has 4 heteroatoms. The van der Waals surface area contributed by atoms with Crippen molar-refractivity contribution < 1.29 is 60.7 Å². The zero-order valence-electron chi connectivity index (χ0n) is 1.97. The summed E-state index contributed by atoms with van der Waals surface area (Å²) in [5.41, 5.74) is 0. The standard InChI is InChI=1S/Ca.Mo.V.W. The maximum Gasteiger partial charge on any atom is 0 e. The first-order valence-electron chi connectivity index (χ1n) is 0. The number of hydrogen-bond acceptors (Lipinski definition) is 0. The quantitative estimate of drug-likeness (QED) is 0.510. The van der Waals surface area contributed by atoms with Crippen LogP contribution in [0.2, 0.25) is 0 Å². The van der Waals surface area contributed by atoms with E-state index in [4.69, 9.17) is 0 Å². The Morgan fingerprint density at radius 1 is 1.00 bits per heavy atom. The maximum absolute atomic E-state index is 0. The molecule has 0 aliphatic carbocycles. The Bertz CT molecular complexity index is 8.00. The fourth-order valence-electron chi connectivity index (χ4n) is 0. The van der Waals surface area contributed by atoms with Gasteiger partial charge in [-0.1, -0.05) is 0 Å². The van der Waals surface area contributed by atoms with Crippen molar-refractivity contribution >= 4 is 37.7 Å². The van der Waals surface area contributed by atoms with E-state index in [1.165, 1.54) is 0 Å². The largest absolute Gasteiger partial charge is 0 e. The van der Waals surface area contributed by atoms with Crippen molar-refractivity contribution in [2.24, 2.45) is 0 Å². The second-order valence-electron chi connectivity index (χ2n) is 0. The Morgan fingerprint density at radius 3 is 1.00 bits per heavy atom. The number of hydrogen-bond donors (Lipinski definition) is 0. The van der Waals surface area contributed by atoms with Gasteiger partial charge in [-0.2, -0.15) is 0 Å². The van der Waals surface area contributed by atoms with Crippen LogP contribution in [0.15, 0.2) is 0 Å². The van der Waals surface area contributed by atoms with Crippen LogP contribution < -0.4 is 0 Å². The van der Waals surface area contributed by atoms with Crippen molar-refractivity contribution in [3.8, 4) is 0 Å². The summed E-state index contributed by atoms with van der Waals surface area (Å²) in [6.45, 7) is 0. The van der Waals surface area contributed by atoms with Crippen molar-refractivity contribution in [3.63, 3.8) is 0 Å². The van der Waals surface area contributed by atoms with Crippen LogP contribution in [-0.4, -0.2) is 37.7 Å². The van der Waals surface area contributed by atoms with E-state index in [1.807, 2.05) is 0 Å². The average Bonchev–Trinajstić information content (AvgIpc) is 0. The Hall–Kier alpha value is 3.22. The molecule has 0 aromatic heterocycles. The van der Waals surface area contributed by atoms with Crippen LogP contribution in [0.4, 0.5) is 0 Å². The summed E-state index contributed by atoms with van der Waals surface area (Å²) in [5, 5.41) is 0. The first-order chi connectivity index (χ1) is 0. The zero-order chi connectivity index (χ0) is 0. The molecule has 0 unspecified atom stereocenters. The minimum atomic E-state index is 0. The average molecular weight is 371 g/mol. The van der Waals surface area contributed by atoms with Crippen LogP contribution in [0, 0.1) is 0 Å². The fraction of sp³-hybridized carbons (Fsp3) is 0. The van der Waals surface area contributed by atoms with Crippen molar-refractivity contribution in [2.45, 2.75) is 0 Å². The normalized spacial score (nSPS) is 0. The molecule has 0 rings (SSSR count). The molecule has 0 heterocycles. The summed E-state index contributed by atoms with van der Waals surface area (Å²) in [6, 6.07) is 0. The molecule has 0 amide bonds. The van der Waals surface area contributed by atoms with E-state index in [1.54, 1.807) is 0 Å². The van der Waals surface area contributed by atoms with Crippen LogP contribution in [0.1, 0.15) is 0 Å². The van der Waals surface area contributed by atoms with Gasteiger partial charge in [-0.3, -0.25) is 0 Å². The van der Waals surface area contributed by atoms with E-state index in [9.17, 15) is 0 Å². The fourth-order valence-corrected chi connectivity index (χ4v) is 0. The molecule has 0 aromatic rings. The number of rotatable bonds is 0. The van der Waals surface area contributed by atoms with E-state index in [-0.39, 0.29) is 98.4 Å². The molecule has 0 aromatic carbocycles. The van der Waals surface area contributed by atoms with Gasteiger partial charge in [0.1, 0.15) is 0 Å². The first-order valence-corrected chi connectivity index (χ1v) is 0. The van der Waals surface area contributed by atoms with E-state index >= 15 is 0 Å². The molecular formula is CaMoVW. The van der Waals surface area contributed by atoms with Crippen LogP contribution >= 0.6 is 0 Å². The SMILES string of the molecule is [Ca].[Mo].[V].[W]. The summed E-state index contributed by atoms with van der Waals surface area (Å²) in [5.74, 6) is 0. The summed E-state index contributed by atoms with van der Waals surface area (Å²) in [4.78, 5) is 0. The van der Waals surface area contributed by atoms with Gasteiger partial charge in [0, 0.05) is 98.4 Å². The van der Waals surface area contributed by atoms with Gasteiger partial charge in [-0.15, -0.1) is 0 Å². The van der Waals surface area contributed by atoms with Gasteiger partial charge in [0.2, 0.25) is 0 Å². The second kappa shape index (κ2) is 16.3. The van der Waals surface area contributed by atoms with E-state index in [0.717, 1.165) is 0 Å². The molecule has 0 atom stereocenters. The van der Waals surface area contributed by atoms with Crippen molar-refractivity contribution in [2.75, 3.05) is 0 Å². The molecule has 0 nitrogen and oxygen atoms in total. The first kappa shape index (κ1) is 26.9. The van der Waals surface area contributed by atoms with Crippen LogP contribution in [0.5, 0.6) is 0 Å². The van der Waals surface area contributed by atoms with Crippen molar-refractivity contribution in [3.05, 3.63) is 0 Å². The predicted octanol–water partition coefficient (Wildman–Crippen LogP) is -0.388. The third kappa shape index (κ3) is 8.97. The third-order valence-corrected chi connectivity index (χ3v) is 0. The van der Waals surface area contributed by atoms with Gasteiger partial charge >= 0.3 is 0 Å². The summed E-state index contributed by atoms with van der Waals surface area (Å²) in [6.07, 6.45) is 0. The Morgan fingerprint density at radius 2 is 1.00 bits per heavy atom. The second-order valence-corrected chi connectivity index (χ2v) is 0. The molecule has 0 saturated heterocycles. The molecule has 0 aliphatic rings. The summed E-state index contributed by atoms with van der Waals surface area (Å²) in [7, 11) is 0. The maximum atomic E-state index is 0. The Balaban J connectivity index is 0. The molecule has 0 saturated carbocycles. The minimum Gasteiger partial charge on any atom is 0 e. The zero-order valence-corrected chi connectivity index (χ0v) is 10.5.